The first-order valence-electron chi connectivity index (χ1n) is 13.8. The maximum absolute atomic E-state index is 14.1. The number of halogens is 4. The molecule has 9 nitrogen and oxygen atoms in total. The third kappa shape index (κ3) is 5.73. The van der Waals surface area contributed by atoms with E-state index < -0.39 is 23.7 Å². The summed E-state index contributed by atoms with van der Waals surface area (Å²) in [6.07, 6.45) is -1.42. The van der Waals surface area contributed by atoms with Crippen molar-refractivity contribution in [3.05, 3.63) is 70.7 Å². The molecule has 224 valence electrons. The van der Waals surface area contributed by atoms with Crippen LogP contribution in [0.4, 0.5) is 28.9 Å². The number of aryl methyl sites for hydroxylation is 1. The fraction of sp³-hybridized carbons (Fsp3) is 0.400. The fourth-order valence-electron chi connectivity index (χ4n) is 5.11. The normalized spacial score (nSPS) is 16.6. The smallest absolute Gasteiger partial charge is 0.383 e. The molecule has 0 saturated heterocycles. The van der Waals surface area contributed by atoms with Crippen molar-refractivity contribution in [2.75, 3.05) is 17.2 Å². The van der Waals surface area contributed by atoms with Crippen LogP contribution in [0.3, 0.4) is 0 Å². The molecule has 0 spiro atoms. The number of anilines is 2. The molecule has 1 aliphatic carbocycles. The van der Waals surface area contributed by atoms with Crippen LogP contribution in [0.2, 0.25) is 0 Å². The number of fused-ring (bicyclic) bond motifs is 1. The Balaban J connectivity index is 1.63. The number of benzene rings is 1. The van der Waals surface area contributed by atoms with Gasteiger partial charge in [0.05, 0.1) is 34.1 Å². The van der Waals surface area contributed by atoms with E-state index in [1.807, 2.05) is 20.8 Å². The largest absolute Gasteiger partial charge is 0.413 e. The third-order valence-corrected chi connectivity index (χ3v) is 7.55. The number of hydrogen-bond acceptors (Lipinski definition) is 9. The van der Waals surface area contributed by atoms with E-state index in [0.29, 0.717) is 57.8 Å². The first-order chi connectivity index (χ1) is 20.3. The molecule has 2 aliphatic rings. The first kappa shape index (κ1) is 29.9. The molecule has 0 unspecified atom stereocenters. The van der Waals surface area contributed by atoms with Crippen molar-refractivity contribution in [1.82, 2.24) is 25.9 Å². The summed E-state index contributed by atoms with van der Waals surface area (Å²) in [4.78, 5) is 8.40. The summed E-state index contributed by atoms with van der Waals surface area (Å²) in [6.45, 7) is 8.46. The molecule has 1 saturated carbocycles. The van der Waals surface area contributed by atoms with Crippen LogP contribution in [0.5, 0.6) is 0 Å². The lowest BCUT2D eigenvalue weighted by molar-refractivity contribution is -0.195. The Labute approximate surface area is 246 Å². The highest BCUT2D eigenvalue weighted by molar-refractivity contribution is 5.99. The maximum atomic E-state index is 14.1. The van der Waals surface area contributed by atoms with Crippen molar-refractivity contribution in [2.45, 2.75) is 64.7 Å². The van der Waals surface area contributed by atoms with Gasteiger partial charge in [0.1, 0.15) is 12.1 Å². The summed E-state index contributed by atoms with van der Waals surface area (Å²) in [6, 6.07) is 9.56. The number of pyridine rings is 2. The molecule has 3 heterocycles. The summed E-state index contributed by atoms with van der Waals surface area (Å²) in [5.41, 5.74) is 6.53. The van der Waals surface area contributed by atoms with E-state index in [0.717, 1.165) is 5.01 Å². The van der Waals surface area contributed by atoms with Gasteiger partial charge in [-0.05, 0) is 42.9 Å². The second-order valence-corrected chi connectivity index (χ2v) is 11.9. The standard InChI is InChI=1S/C30H31F4N9/c1-5-22-20(6-7-24(31)40-22)27(23-15-43(42-41-23)29(8-9-29)30(32,33)34)39-19-10-17(12-35)25-21(11-19)26(18(13-36)14-37-25)38-16-28(2,3)4/h6-7,10-11,14-15,27,39,41-42H,5,8-9,16H2,1-4H3,(H,37,38)/t27-/m0/s1. The SMILES string of the molecule is CCc1nc(F)ccc1[C@H](Nc1cc(C#N)c2ncc(C#N)c(NCC(C)(C)C)c2c1)C1=CN(C2(C(F)(F)F)CC2)NN1. The van der Waals surface area contributed by atoms with Gasteiger partial charge in [-0.2, -0.15) is 28.1 Å². The van der Waals surface area contributed by atoms with Gasteiger partial charge in [-0.15, -0.1) is 5.53 Å². The molecular weight excluding hydrogens is 562 g/mol. The molecule has 0 amide bonds. The van der Waals surface area contributed by atoms with E-state index in [4.69, 9.17) is 0 Å². The number of nitriles is 2. The average Bonchev–Trinajstić information content (AvgIpc) is 3.65. The highest BCUT2D eigenvalue weighted by Gasteiger charge is 2.67. The average molecular weight is 594 g/mol. The molecule has 5 rings (SSSR count). The lowest BCUT2D eigenvalue weighted by atomic mass is 9.96. The van der Waals surface area contributed by atoms with E-state index >= 15 is 0 Å². The Morgan fingerprint density at radius 1 is 1.12 bits per heavy atom. The molecule has 3 aromatic rings. The zero-order valence-corrected chi connectivity index (χ0v) is 24.1. The predicted octanol–water partition coefficient (Wildman–Crippen LogP) is 5.95. The van der Waals surface area contributed by atoms with Gasteiger partial charge in [0, 0.05) is 41.3 Å². The van der Waals surface area contributed by atoms with Crippen molar-refractivity contribution in [3.63, 3.8) is 0 Å². The highest BCUT2D eigenvalue weighted by atomic mass is 19.4. The Bertz CT molecular complexity index is 1670. The second-order valence-electron chi connectivity index (χ2n) is 11.9. The molecule has 4 N–H and O–H groups in total. The molecule has 43 heavy (non-hydrogen) atoms. The van der Waals surface area contributed by atoms with Gasteiger partial charge in [0.25, 0.3) is 0 Å². The van der Waals surface area contributed by atoms with Crippen LogP contribution >= 0.6 is 0 Å². The summed E-state index contributed by atoms with van der Waals surface area (Å²) in [5.74, 6) is -0.677. The predicted molar refractivity (Wildman–Crippen MR) is 153 cm³/mol. The lowest BCUT2D eigenvalue weighted by Gasteiger charge is -2.28. The molecule has 1 fully saturated rings. The van der Waals surface area contributed by atoms with Crippen LogP contribution in [-0.4, -0.2) is 33.2 Å². The van der Waals surface area contributed by atoms with Gasteiger partial charge in [0.2, 0.25) is 5.95 Å². The molecule has 0 bridgehead atoms. The summed E-state index contributed by atoms with van der Waals surface area (Å²) in [5, 5.41) is 28.1. The summed E-state index contributed by atoms with van der Waals surface area (Å²) < 4.78 is 55.8. The van der Waals surface area contributed by atoms with Crippen molar-refractivity contribution >= 4 is 22.3 Å². The number of nitrogens with zero attached hydrogens (tertiary/aromatic N) is 5. The van der Waals surface area contributed by atoms with Gasteiger partial charge in [-0.1, -0.05) is 33.8 Å². The molecule has 1 atom stereocenters. The van der Waals surface area contributed by atoms with Crippen molar-refractivity contribution in [2.24, 2.45) is 5.41 Å². The molecule has 1 aromatic carbocycles. The maximum Gasteiger partial charge on any atom is 0.413 e. The third-order valence-electron chi connectivity index (χ3n) is 7.55. The molecular formula is C30H31F4N9. The lowest BCUT2D eigenvalue weighted by Crippen LogP contribution is -2.52. The molecule has 13 heteroatoms. The highest BCUT2D eigenvalue weighted by Crippen LogP contribution is 2.53. The Kier molecular flexibility index (Phi) is 7.57. The number of hydrazine groups is 2. The topological polar surface area (TPSA) is 125 Å². The first-order valence-corrected chi connectivity index (χ1v) is 13.8. The Morgan fingerprint density at radius 3 is 2.44 bits per heavy atom. The number of alkyl halides is 3. The van der Waals surface area contributed by atoms with Crippen LogP contribution in [0.15, 0.2) is 42.4 Å². The van der Waals surface area contributed by atoms with Crippen LogP contribution in [-0.2, 0) is 6.42 Å². The zero-order valence-electron chi connectivity index (χ0n) is 24.1. The quantitative estimate of drug-likeness (QED) is 0.185. The fourth-order valence-corrected chi connectivity index (χ4v) is 5.11. The Hall–Kier alpha value is -4.62. The minimum Gasteiger partial charge on any atom is -0.383 e. The van der Waals surface area contributed by atoms with Gasteiger partial charge < -0.3 is 16.1 Å². The van der Waals surface area contributed by atoms with E-state index in [1.54, 1.807) is 25.1 Å². The molecule has 1 aliphatic heterocycles. The van der Waals surface area contributed by atoms with Crippen molar-refractivity contribution in [3.8, 4) is 12.1 Å². The minimum absolute atomic E-state index is 0.0554. The van der Waals surface area contributed by atoms with E-state index in [-0.39, 0.29) is 23.8 Å². The van der Waals surface area contributed by atoms with Crippen LogP contribution in [0.25, 0.3) is 10.9 Å². The van der Waals surface area contributed by atoms with E-state index in [2.05, 4.69) is 43.7 Å². The monoisotopic (exact) mass is 593 g/mol. The summed E-state index contributed by atoms with van der Waals surface area (Å²) >= 11 is 0. The number of hydrogen-bond donors (Lipinski definition) is 4. The van der Waals surface area contributed by atoms with Crippen molar-refractivity contribution < 1.29 is 17.6 Å². The van der Waals surface area contributed by atoms with Gasteiger partial charge in [-0.3, -0.25) is 9.99 Å². The van der Waals surface area contributed by atoms with Crippen LogP contribution < -0.4 is 21.6 Å². The van der Waals surface area contributed by atoms with Gasteiger partial charge in [-0.25, -0.2) is 4.98 Å². The number of aromatic nitrogens is 2. The van der Waals surface area contributed by atoms with Crippen LogP contribution in [0.1, 0.15) is 69.0 Å². The van der Waals surface area contributed by atoms with E-state index in [1.165, 1.54) is 18.5 Å². The van der Waals surface area contributed by atoms with E-state index in [9.17, 15) is 28.1 Å². The minimum atomic E-state index is -4.45. The Morgan fingerprint density at radius 2 is 1.84 bits per heavy atom. The van der Waals surface area contributed by atoms with Crippen LogP contribution in [0, 0.1) is 34.0 Å². The van der Waals surface area contributed by atoms with Gasteiger partial charge in [0.15, 0.2) is 5.54 Å². The number of nitrogens with one attached hydrogen (secondary N) is 4. The number of rotatable bonds is 8. The van der Waals surface area contributed by atoms with Crippen molar-refractivity contribution in [1.29, 1.82) is 10.5 Å². The summed E-state index contributed by atoms with van der Waals surface area (Å²) in [7, 11) is 0. The molecule has 0 radical (unpaired) electrons. The zero-order chi connectivity index (χ0) is 31.2. The van der Waals surface area contributed by atoms with Gasteiger partial charge >= 0.3 is 6.18 Å². The second kappa shape index (κ2) is 10.9. The molecule has 2 aromatic heterocycles.